The van der Waals surface area contributed by atoms with E-state index in [0.717, 1.165) is 17.3 Å². The summed E-state index contributed by atoms with van der Waals surface area (Å²) in [6.45, 7) is 0. The number of aliphatic carboxylic acids is 1. The van der Waals surface area contributed by atoms with Crippen LogP contribution >= 0.6 is 35.0 Å². The Labute approximate surface area is 169 Å². The highest BCUT2D eigenvalue weighted by atomic mass is 35.5. The van der Waals surface area contributed by atoms with Crippen LogP contribution < -0.4 is 4.74 Å². The van der Waals surface area contributed by atoms with Gasteiger partial charge >= 0.3 is 5.97 Å². The Morgan fingerprint density at radius 3 is 2.56 bits per heavy atom. The average molecular weight is 422 g/mol. The zero-order valence-electron chi connectivity index (χ0n) is 13.9. The number of nitrogens with zero attached hydrogens (tertiary/aromatic N) is 2. The number of carbonyl (C=O) groups is 1. The summed E-state index contributed by atoms with van der Waals surface area (Å²) in [6, 6.07) is 12.0. The molecule has 0 unspecified atom stereocenters. The second kappa shape index (κ2) is 8.47. The lowest BCUT2D eigenvalue weighted by Crippen LogP contribution is -1.98. The van der Waals surface area contributed by atoms with E-state index in [4.69, 9.17) is 27.9 Å². The molecule has 3 rings (SSSR count). The van der Waals surface area contributed by atoms with Gasteiger partial charge in [-0.25, -0.2) is 9.78 Å². The molecule has 6 nitrogen and oxygen atoms in total. The van der Waals surface area contributed by atoms with Gasteiger partial charge in [0.25, 0.3) is 0 Å². The normalized spacial score (nSPS) is 11.4. The second-order valence-electron chi connectivity index (χ2n) is 5.28. The van der Waals surface area contributed by atoms with Crippen LogP contribution in [0.5, 0.6) is 5.75 Å². The fourth-order valence-corrected chi connectivity index (χ4v) is 3.23. The van der Waals surface area contributed by atoms with Gasteiger partial charge in [-0.15, -0.1) is 5.10 Å². The van der Waals surface area contributed by atoms with Crippen LogP contribution in [0.4, 0.5) is 0 Å². The minimum absolute atomic E-state index is 0.0252. The predicted octanol–water partition coefficient (Wildman–Crippen LogP) is 5.00. The highest BCUT2D eigenvalue weighted by Crippen LogP contribution is 2.31. The lowest BCUT2D eigenvalue weighted by Gasteiger charge is -2.06. The molecule has 0 aliphatic rings. The van der Waals surface area contributed by atoms with Crippen molar-refractivity contribution in [2.75, 3.05) is 7.11 Å². The molecule has 0 spiro atoms. The number of aromatic nitrogens is 3. The number of methoxy groups -OCH3 is 1. The molecule has 0 saturated heterocycles. The van der Waals surface area contributed by atoms with E-state index in [-0.39, 0.29) is 10.1 Å². The van der Waals surface area contributed by atoms with Crippen molar-refractivity contribution < 1.29 is 14.6 Å². The Bertz CT molecular complexity index is 1000. The van der Waals surface area contributed by atoms with Crippen LogP contribution in [-0.2, 0) is 4.79 Å². The lowest BCUT2D eigenvalue weighted by molar-refractivity contribution is -0.131. The topological polar surface area (TPSA) is 88.1 Å². The van der Waals surface area contributed by atoms with Crippen molar-refractivity contribution in [2.24, 2.45) is 0 Å². The standard InChI is InChI=1S/C18H13Cl2N3O3S/c1-26-14-7-6-13(20)8-11(14)9-15(17(24)25)27-18-21-16(22-23-18)10-2-4-12(19)5-3-10/h2-9H,1H3,(H,24,25)(H,21,22,23)/b15-9-. The highest BCUT2D eigenvalue weighted by molar-refractivity contribution is 8.04. The molecule has 0 bridgehead atoms. The Balaban J connectivity index is 1.89. The molecule has 0 radical (unpaired) electrons. The van der Waals surface area contributed by atoms with Gasteiger partial charge in [-0.05, 0) is 60.3 Å². The first-order valence-electron chi connectivity index (χ1n) is 7.61. The van der Waals surface area contributed by atoms with Crippen LogP contribution in [0.25, 0.3) is 17.5 Å². The number of aromatic amines is 1. The number of benzene rings is 2. The number of rotatable bonds is 6. The van der Waals surface area contributed by atoms with Crippen LogP contribution in [0.15, 0.2) is 52.5 Å². The monoisotopic (exact) mass is 421 g/mol. The summed E-state index contributed by atoms with van der Waals surface area (Å²) in [5, 5.41) is 17.8. The molecule has 0 fully saturated rings. The van der Waals surface area contributed by atoms with Crippen molar-refractivity contribution in [3.05, 3.63) is 63.0 Å². The molecule has 9 heteroatoms. The van der Waals surface area contributed by atoms with Gasteiger partial charge in [0.2, 0.25) is 5.16 Å². The SMILES string of the molecule is COc1ccc(Cl)cc1/C=C(\Sc1n[nH]c(-c2ccc(Cl)cc2)n1)C(=O)O. The smallest absolute Gasteiger partial charge is 0.342 e. The van der Waals surface area contributed by atoms with Gasteiger partial charge in [0.1, 0.15) is 10.7 Å². The van der Waals surface area contributed by atoms with E-state index in [9.17, 15) is 9.90 Å². The fourth-order valence-electron chi connectivity index (χ4n) is 2.22. The van der Waals surface area contributed by atoms with Crippen LogP contribution in [0.3, 0.4) is 0 Å². The Morgan fingerprint density at radius 1 is 1.19 bits per heavy atom. The Morgan fingerprint density at radius 2 is 1.89 bits per heavy atom. The van der Waals surface area contributed by atoms with Crippen LogP contribution in [0, 0.1) is 0 Å². The third kappa shape index (κ3) is 4.82. The van der Waals surface area contributed by atoms with Crippen molar-refractivity contribution in [2.45, 2.75) is 5.16 Å². The van der Waals surface area contributed by atoms with Gasteiger partial charge in [0.05, 0.1) is 7.11 Å². The number of carboxylic acids is 1. The molecule has 1 aromatic heterocycles. The molecule has 0 aliphatic carbocycles. The number of carboxylic acid groups (broad SMARTS) is 1. The molecule has 3 aromatic rings. The van der Waals surface area contributed by atoms with E-state index in [0.29, 0.717) is 27.2 Å². The molecular formula is C18H13Cl2N3O3S. The molecular weight excluding hydrogens is 409 g/mol. The number of ether oxygens (including phenoxy) is 1. The van der Waals surface area contributed by atoms with E-state index in [1.54, 1.807) is 42.5 Å². The molecule has 2 aromatic carbocycles. The van der Waals surface area contributed by atoms with Crippen LogP contribution in [-0.4, -0.2) is 33.4 Å². The van der Waals surface area contributed by atoms with Gasteiger partial charge in [-0.3, -0.25) is 5.10 Å². The number of H-pyrrole nitrogens is 1. The lowest BCUT2D eigenvalue weighted by atomic mass is 10.2. The second-order valence-corrected chi connectivity index (χ2v) is 7.16. The number of nitrogens with one attached hydrogen (secondary N) is 1. The van der Waals surface area contributed by atoms with E-state index in [1.807, 2.05) is 0 Å². The fraction of sp³-hybridized carbons (Fsp3) is 0.0556. The summed E-state index contributed by atoms with van der Waals surface area (Å²) in [5.41, 5.74) is 1.33. The molecule has 0 saturated carbocycles. The van der Waals surface area contributed by atoms with E-state index < -0.39 is 5.97 Å². The minimum atomic E-state index is -1.11. The zero-order valence-corrected chi connectivity index (χ0v) is 16.3. The van der Waals surface area contributed by atoms with Crippen molar-refractivity contribution in [3.63, 3.8) is 0 Å². The first-order chi connectivity index (χ1) is 13.0. The zero-order chi connectivity index (χ0) is 19.4. The average Bonchev–Trinajstić information content (AvgIpc) is 3.10. The van der Waals surface area contributed by atoms with Gasteiger partial charge in [-0.2, -0.15) is 0 Å². The maximum Gasteiger partial charge on any atom is 0.342 e. The van der Waals surface area contributed by atoms with Gasteiger partial charge < -0.3 is 9.84 Å². The maximum atomic E-state index is 11.7. The van der Waals surface area contributed by atoms with Crippen LogP contribution in [0.2, 0.25) is 10.0 Å². The molecule has 138 valence electrons. The van der Waals surface area contributed by atoms with Gasteiger partial charge in [0.15, 0.2) is 5.82 Å². The summed E-state index contributed by atoms with van der Waals surface area (Å²) in [4.78, 5) is 16.0. The third-order valence-electron chi connectivity index (χ3n) is 3.47. The number of halogens is 2. The largest absolute Gasteiger partial charge is 0.496 e. The summed E-state index contributed by atoms with van der Waals surface area (Å²) in [6.07, 6.45) is 1.47. The number of hydrogen-bond donors (Lipinski definition) is 2. The van der Waals surface area contributed by atoms with Crippen molar-refractivity contribution >= 4 is 47.0 Å². The molecule has 27 heavy (non-hydrogen) atoms. The van der Waals surface area contributed by atoms with Gasteiger partial charge in [-0.1, -0.05) is 23.2 Å². The molecule has 2 N–H and O–H groups in total. The van der Waals surface area contributed by atoms with Crippen molar-refractivity contribution in [1.82, 2.24) is 15.2 Å². The molecule has 1 heterocycles. The first kappa shape index (κ1) is 19.3. The molecule has 0 atom stereocenters. The molecule has 0 aliphatic heterocycles. The highest BCUT2D eigenvalue weighted by Gasteiger charge is 2.15. The quantitative estimate of drug-likeness (QED) is 0.429. The third-order valence-corrected chi connectivity index (χ3v) is 4.84. The summed E-state index contributed by atoms with van der Waals surface area (Å²) in [7, 11) is 1.50. The van der Waals surface area contributed by atoms with Crippen molar-refractivity contribution in [3.8, 4) is 17.1 Å². The number of thioether (sulfide) groups is 1. The van der Waals surface area contributed by atoms with E-state index >= 15 is 0 Å². The van der Waals surface area contributed by atoms with Crippen LogP contribution in [0.1, 0.15) is 5.56 Å². The maximum absolute atomic E-state index is 11.7. The van der Waals surface area contributed by atoms with E-state index in [2.05, 4.69) is 15.2 Å². The predicted molar refractivity (Wildman–Crippen MR) is 106 cm³/mol. The first-order valence-corrected chi connectivity index (χ1v) is 9.18. The summed E-state index contributed by atoms with van der Waals surface area (Å²) < 4.78 is 5.25. The minimum Gasteiger partial charge on any atom is -0.496 e. The summed E-state index contributed by atoms with van der Waals surface area (Å²) >= 11 is 12.8. The number of hydrogen-bond acceptors (Lipinski definition) is 5. The van der Waals surface area contributed by atoms with Crippen molar-refractivity contribution in [1.29, 1.82) is 0 Å². The Kier molecular flexibility index (Phi) is 6.05. The summed E-state index contributed by atoms with van der Waals surface area (Å²) in [5.74, 6) is -0.0882. The Hall–Kier alpha value is -2.48. The van der Waals surface area contributed by atoms with Gasteiger partial charge in [0, 0.05) is 21.2 Å². The van der Waals surface area contributed by atoms with E-state index in [1.165, 1.54) is 13.2 Å². The molecule has 0 amide bonds.